The van der Waals surface area contributed by atoms with E-state index >= 15 is 0 Å². The van der Waals surface area contributed by atoms with Crippen LogP contribution in [0, 0.1) is 6.92 Å². The Morgan fingerprint density at radius 3 is 2.16 bits per heavy atom. The van der Waals surface area contributed by atoms with Crippen LogP contribution in [0.1, 0.15) is 5.56 Å². The summed E-state index contributed by atoms with van der Waals surface area (Å²) >= 11 is 0.933. The van der Waals surface area contributed by atoms with Gasteiger partial charge in [0.25, 0.3) is 0 Å². The Bertz CT molecular complexity index is 1130. The second-order valence-corrected chi connectivity index (χ2v) is 12.9. The van der Waals surface area contributed by atoms with Gasteiger partial charge in [0.15, 0.2) is 5.03 Å². The summed E-state index contributed by atoms with van der Waals surface area (Å²) in [6, 6.07) is 6.49. The fraction of sp³-hybridized carbons (Fsp3) is 0.550. The highest BCUT2D eigenvalue weighted by Crippen LogP contribution is 2.38. The molecule has 0 bridgehead atoms. The van der Waals surface area contributed by atoms with Crippen LogP contribution in [0.2, 0.25) is 0 Å². The molecule has 0 atom stereocenters. The lowest BCUT2D eigenvalue weighted by Gasteiger charge is -2.27. The molecule has 4 rings (SSSR count). The molecule has 0 spiro atoms. The number of rotatable bonds is 7. The third-order valence-corrected chi connectivity index (χ3v) is 10.6. The van der Waals surface area contributed by atoms with Gasteiger partial charge in [-0.05, 0) is 19.1 Å². The zero-order valence-electron chi connectivity index (χ0n) is 17.9. The van der Waals surface area contributed by atoms with E-state index in [1.165, 1.54) is 12.1 Å². The average molecular weight is 502 g/mol. The minimum Gasteiger partial charge on any atom is -0.379 e. The van der Waals surface area contributed by atoms with E-state index in [0.717, 1.165) is 16.9 Å². The Hall–Kier alpha value is -1.57. The van der Waals surface area contributed by atoms with E-state index in [-0.39, 0.29) is 20.0 Å². The van der Waals surface area contributed by atoms with Gasteiger partial charge in [0, 0.05) is 32.7 Å². The molecule has 0 aliphatic carbocycles. The fourth-order valence-corrected chi connectivity index (χ4v) is 8.05. The van der Waals surface area contributed by atoms with Crippen LogP contribution < -0.4 is 4.90 Å². The van der Waals surface area contributed by atoms with E-state index in [1.54, 1.807) is 12.1 Å². The quantitative estimate of drug-likeness (QED) is 0.554. The second kappa shape index (κ2) is 9.74. The molecule has 9 nitrogen and oxygen atoms in total. The number of anilines is 1. The number of aromatic nitrogens is 1. The molecule has 2 aliphatic rings. The van der Waals surface area contributed by atoms with Gasteiger partial charge in [0.05, 0.1) is 37.1 Å². The fourth-order valence-electron chi connectivity index (χ4n) is 3.54. The van der Waals surface area contributed by atoms with Gasteiger partial charge in [-0.1, -0.05) is 29.0 Å². The molecule has 3 heterocycles. The number of aryl methyl sites for hydroxylation is 1. The molecule has 0 amide bonds. The summed E-state index contributed by atoms with van der Waals surface area (Å²) < 4.78 is 63.5. The summed E-state index contributed by atoms with van der Waals surface area (Å²) in [4.78, 5) is 8.19. The molecule has 0 N–H and O–H groups in total. The molecule has 0 unspecified atom stereocenters. The molecule has 1 aromatic carbocycles. The van der Waals surface area contributed by atoms with Crippen molar-refractivity contribution < 1.29 is 26.3 Å². The maximum atomic E-state index is 13.4. The summed E-state index contributed by atoms with van der Waals surface area (Å²) in [5.74, 6) is -0.118. The largest absolute Gasteiger partial charge is 0.379 e. The average Bonchev–Trinajstić information content (AvgIpc) is 3.27. The van der Waals surface area contributed by atoms with E-state index in [0.29, 0.717) is 64.2 Å². The van der Waals surface area contributed by atoms with Gasteiger partial charge in [-0.2, -0.15) is 0 Å². The predicted molar refractivity (Wildman–Crippen MR) is 121 cm³/mol. The molecule has 2 aromatic rings. The number of morpholine rings is 2. The molecule has 1 aromatic heterocycles. The number of nitrogens with zero attached hydrogens (tertiary/aromatic N) is 3. The number of ether oxygens (including phenoxy) is 2. The lowest BCUT2D eigenvalue weighted by molar-refractivity contribution is 0.0408. The van der Waals surface area contributed by atoms with Crippen LogP contribution in [-0.4, -0.2) is 91.6 Å². The smallest absolute Gasteiger partial charge is 0.226 e. The first-order valence-corrected chi connectivity index (χ1v) is 14.4. The molecule has 2 saturated heterocycles. The number of thiazole rings is 1. The van der Waals surface area contributed by atoms with E-state index in [9.17, 15) is 16.8 Å². The summed E-state index contributed by atoms with van der Waals surface area (Å²) in [6.07, 6.45) is 0. The molecule has 176 valence electrons. The van der Waals surface area contributed by atoms with Gasteiger partial charge >= 0.3 is 0 Å². The Kier molecular flexibility index (Phi) is 7.18. The number of sulfone groups is 2. The predicted octanol–water partition coefficient (Wildman–Crippen LogP) is 1.23. The highest BCUT2D eigenvalue weighted by atomic mass is 32.2. The van der Waals surface area contributed by atoms with Gasteiger partial charge in [0.1, 0.15) is 5.00 Å². The SMILES string of the molecule is Cc1ccc(S(=O)(=O)c2nc(S(=O)(=O)CCN3CCOCC3)sc2N2CCOCC2)cc1. The maximum Gasteiger partial charge on any atom is 0.226 e. The van der Waals surface area contributed by atoms with E-state index in [1.807, 2.05) is 16.7 Å². The van der Waals surface area contributed by atoms with Crippen LogP contribution in [-0.2, 0) is 29.1 Å². The lowest BCUT2D eigenvalue weighted by atomic mass is 10.2. The van der Waals surface area contributed by atoms with Crippen molar-refractivity contribution in [3.63, 3.8) is 0 Å². The van der Waals surface area contributed by atoms with E-state index in [2.05, 4.69) is 4.98 Å². The molecular formula is C20H27N3O6S3. The topological polar surface area (TPSA) is 106 Å². The highest BCUT2D eigenvalue weighted by molar-refractivity contribution is 7.94. The highest BCUT2D eigenvalue weighted by Gasteiger charge is 2.33. The van der Waals surface area contributed by atoms with Crippen molar-refractivity contribution in [1.82, 2.24) is 9.88 Å². The van der Waals surface area contributed by atoms with E-state index < -0.39 is 19.7 Å². The van der Waals surface area contributed by atoms with Crippen LogP contribution >= 0.6 is 11.3 Å². The zero-order chi connectivity index (χ0) is 22.8. The van der Waals surface area contributed by atoms with Crippen molar-refractivity contribution in [2.75, 3.05) is 69.8 Å². The van der Waals surface area contributed by atoms with Gasteiger partial charge in [-0.3, -0.25) is 4.90 Å². The summed E-state index contributed by atoms with van der Waals surface area (Å²) in [7, 11) is -7.73. The minimum absolute atomic E-state index is 0.0974. The van der Waals surface area contributed by atoms with Crippen molar-refractivity contribution in [2.45, 2.75) is 21.2 Å². The third-order valence-electron chi connectivity index (χ3n) is 5.49. The summed E-state index contributed by atoms with van der Waals surface area (Å²) in [5, 5.41) is 0.164. The molecule has 32 heavy (non-hydrogen) atoms. The lowest BCUT2D eigenvalue weighted by Crippen LogP contribution is -2.39. The summed E-state index contributed by atoms with van der Waals surface area (Å²) in [6.45, 7) is 6.60. The maximum absolute atomic E-state index is 13.4. The first kappa shape index (κ1) is 23.6. The monoisotopic (exact) mass is 501 g/mol. The Morgan fingerprint density at radius 1 is 0.938 bits per heavy atom. The summed E-state index contributed by atoms with van der Waals surface area (Å²) in [5.41, 5.74) is 0.932. The van der Waals surface area contributed by atoms with Crippen molar-refractivity contribution in [2.24, 2.45) is 0 Å². The van der Waals surface area contributed by atoms with Gasteiger partial charge in [-0.15, -0.1) is 0 Å². The standard InChI is InChI=1S/C20H27N3O6S3/c1-16-2-4-17(5-3-16)32(26,27)18-19(23-8-13-29-14-9-23)30-20(21-18)31(24,25)15-10-22-6-11-28-12-7-22/h2-5H,6-15H2,1H3. The Morgan fingerprint density at radius 2 is 1.53 bits per heavy atom. The minimum atomic E-state index is -3.99. The number of hydrogen-bond acceptors (Lipinski definition) is 10. The van der Waals surface area contributed by atoms with E-state index in [4.69, 9.17) is 9.47 Å². The van der Waals surface area contributed by atoms with Crippen molar-refractivity contribution in [1.29, 1.82) is 0 Å². The van der Waals surface area contributed by atoms with Crippen LogP contribution in [0.3, 0.4) is 0 Å². The molecular weight excluding hydrogens is 474 g/mol. The number of hydrogen-bond donors (Lipinski definition) is 0. The van der Waals surface area contributed by atoms with Crippen LogP contribution in [0.15, 0.2) is 38.5 Å². The second-order valence-electron chi connectivity index (χ2n) is 7.78. The van der Waals surface area contributed by atoms with Crippen LogP contribution in [0.25, 0.3) is 0 Å². The number of benzene rings is 1. The van der Waals surface area contributed by atoms with Gasteiger partial charge in [-0.25, -0.2) is 21.8 Å². The normalized spacial score (nSPS) is 18.7. The molecule has 2 fully saturated rings. The van der Waals surface area contributed by atoms with Crippen LogP contribution in [0.5, 0.6) is 0 Å². The van der Waals surface area contributed by atoms with Crippen molar-refractivity contribution >= 4 is 36.0 Å². The van der Waals surface area contributed by atoms with Crippen LogP contribution in [0.4, 0.5) is 5.00 Å². The van der Waals surface area contributed by atoms with Gasteiger partial charge in [0.2, 0.25) is 24.0 Å². The molecule has 12 heteroatoms. The third kappa shape index (κ3) is 5.15. The first-order valence-electron chi connectivity index (χ1n) is 10.5. The molecule has 2 aliphatic heterocycles. The van der Waals surface area contributed by atoms with Gasteiger partial charge < -0.3 is 14.4 Å². The Balaban J connectivity index is 1.68. The molecule has 0 radical (unpaired) electrons. The first-order chi connectivity index (χ1) is 15.3. The zero-order valence-corrected chi connectivity index (χ0v) is 20.3. The van der Waals surface area contributed by atoms with Crippen molar-refractivity contribution in [3.05, 3.63) is 29.8 Å². The van der Waals surface area contributed by atoms with Crippen molar-refractivity contribution in [3.8, 4) is 0 Å². The molecule has 0 saturated carbocycles. The Labute approximate surface area is 192 Å².